The highest BCUT2D eigenvalue weighted by atomic mass is 32.2. The Labute approximate surface area is 99.0 Å². The molecule has 0 fully saturated rings. The smallest absolute Gasteiger partial charge is 0.221 e. The molecule has 2 rings (SSSR count). The second-order valence-electron chi connectivity index (χ2n) is 3.54. The van der Waals surface area contributed by atoms with Crippen LogP contribution in [0.25, 0.3) is 10.8 Å². The molecule has 0 radical (unpaired) electrons. The molecule has 1 N–H and O–H groups in total. The zero-order valence-electron chi connectivity index (χ0n) is 9.28. The number of nitrogens with one attached hydrogen (secondary N) is 1. The molecule has 2 nitrogen and oxygen atoms in total. The van der Waals surface area contributed by atoms with Crippen LogP contribution in [-0.4, -0.2) is 12.2 Å². The molecule has 0 aliphatic rings. The summed E-state index contributed by atoms with van der Waals surface area (Å²) in [5.41, 5.74) is 0.876. The van der Waals surface area contributed by atoms with Crippen molar-refractivity contribution in [3.8, 4) is 0 Å². The first-order valence-electron chi connectivity index (χ1n) is 5.05. The van der Waals surface area contributed by atoms with Crippen molar-refractivity contribution in [1.29, 1.82) is 0 Å². The van der Waals surface area contributed by atoms with Crippen LogP contribution in [0.15, 0.2) is 41.3 Å². The monoisotopic (exact) mass is 231 g/mol. The Morgan fingerprint density at radius 3 is 2.44 bits per heavy atom. The van der Waals surface area contributed by atoms with Gasteiger partial charge in [0, 0.05) is 22.9 Å². The maximum atomic E-state index is 11.1. The van der Waals surface area contributed by atoms with Crippen molar-refractivity contribution in [1.82, 2.24) is 0 Å². The maximum Gasteiger partial charge on any atom is 0.221 e. The van der Waals surface area contributed by atoms with Gasteiger partial charge in [0.2, 0.25) is 5.91 Å². The van der Waals surface area contributed by atoms with Gasteiger partial charge < -0.3 is 5.32 Å². The fraction of sp³-hybridized carbons (Fsp3) is 0.154. The second kappa shape index (κ2) is 4.58. The van der Waals surface area contributed by atoms with Gasteiger partial charge >= 0.3 is 0 Å². The van der Waals surface area contributed by atoms with E-state index in [9.17, 15) is 4.79 Å². The largest absolute Gasteiger partial charge is 0.326 e. The first kappa shape index (κ1) is 11.0. The van der Waals surface area contributed by atoms with Crippen molar-refractivity contribution >= 4 is 34.1 Å². The van der Waals surface area contributed by atoms with Crippen LogP contribution in [0.1, 0.15) is 6.92 Å². The topological polar surface area (TPSA) is 29.1 Å². The number of fused-ring (bicyclic) bond motifs is 1. The Bertz CT molecular complexity index is 536. The van der Waals surface area contributed by atoms with Crippen LogP contribution in [0.5, 0.6) is 0 Å². The predicted molar refractivity (Wildman–Crippen MR) is 70.0 cm³/mol. The van der Waals surface area contributed by atoms with Crippen LogP contribution < -0.4 is 5.32 Å². The van der Waals surface area contributed by atoms with Crippen molar-refractivity contribution < 1.29 is 4.79 Å². The highest BCUT2D eigenvalue weighted by molar-refractivity contribution is 7.98. The molecule has 0 bridgehead atoms. The van der Waals surface area contributed by atoms with Gasteiger partial charge in [0.25, 0.3) is 0 Å². The molecule has 2 aromatic rings. The molecule has 3 heteroatoms. The Morgan fingerprint density at radius 1 is 1.12 bits per heavy atom. The predicted octanol–water partition coefficient (Wildman–Crippen LogP) is 3.52. The summed E-state index contributed by atoms with van der Waals surface area (Å²) in [6, 6.07) is 12.1. The van der Waals surface area contributed by atoms with E-state index in [2.05, 4.69) is 17.6 Å². The summed E-state index contributed by atoms with van der Waals surface area (Å²) < 4.78 is 0. The molecule has 0 saturated heterocycles. The van der Waals surface area contributed by atoms with Crippen molar-refractivity contribution in [2.45, 2.75) is 11.8 Å². The van der Waals surface area contributed by atoms with Gasteiger partial charge in [0.1, 0.15) is 0 Å². The third kappa shape index (κ3) is 2.04. The second-order valence-corrected chi connectivity index (χ2v) is 4.39. The lowest BCUT2D eigenvalue weighted by Gasteiger charge is -2.09. The molecule has 2 aromatic carbocycles. The van der Waals surface area contributed by atoms with E-state index in [-0.39, 0.29) is 5.91 Å². The lowest BCUT2D eigenvalue weighted by atomic mass is 10.1. The minimum Gasteiger partial charge on any atom is -0.326 e. The Hall–Kier alpha value is -1.48. The summed E-state index contributed by atoms with van der Waals surface area (Å²) in [7, 11) is 0. The van der Waals surface area contributed by atoms with Crippen LogP contribution in [0.2, 0.25) is 0 Å². The lowest BCUT2D eigenvalue weighted by Crippen LogP contribution is -2.06. The fourth-order valence-electron chi connectivity index (χ4n) is 1.75. The van der Waals surface area contributed by atoms with E-state index in [1.807, 2.05) is 30.3 Å². The summed E-state index contributed by atoms with van der Waals surface area (Å²) in [4.78, 5) is 12.3. The standard InChI is InChI=1S/C13H13NOS/c1-9(15)14-12-7-8-13(16-2)11-6-4-3-5-10(11)12/h3-8H,1-2H3,(H,14,15). The third-order valence-corrected chi connectivity index (χ3v) is 3.21. The zero-order valence-corrected chi connectivity index (χ0v) is 10.1. The Morgan fingerprint density at radius 2 is 1.81 bits per heavy atom. The molecule has 1 amide bonds. The molecule has 0 spiro atoms. The summed E-state index contributed by atoms with van der Waals surface area (Å²) >= 11 is 1.71. The van der Waals surface area contributed by atoms with Gasteiger partial charge in [-0.1, -0.05) is 24.3 Å². The Balaban J connectivity index is 2.64. The van der Waals surface area contributed by atoms with E-state index in [0.29, 0.717) is 0 Å². The van der Waals surface area contributed by atoms with Gasteiger partial charge in [-0.15, -0.1) is 11.8 Å². The van der Waals surface area contributed by atoms with Crippen LogP contribution in [0.3, 0.4) is 0 Å². The number of hydrogen-bond donors (Lipinski definition) is 1. The van der Waals surface area contributed by atoms with E-state index in [0.717, 1.165) is 11.1 Å². The minimum atomic E-state index is -0.0398. The first-order valence-corrected chi connectivity index (χ1v) is 6.28. The van der Waals surface area contributed by atoms with E-state index in [4.69, 9.17) is 0 Å². The molecule has 0 heterocycles. The lowest BCUT2D eigenvalue weighted by molar-refractivity contribution is -0.114. The van der Waals surface area contributed by atoms with E-state index < -0.39 is 0 Å². The van der Waals surface area contributed by atoms with Gasteiger partial charge in [-0.05, 0) is 23.8 Å². The van der Waals surface area contributed by atoms with Gasteiger partial charge in [-0.2, -0.15) is 0 Å². The van der Waals surface area contributed by atoms with Gasteiger partial charge in [-0.3, -0.25) is 4.79 Å². The summed E-state index contributed by atoms with van der Waals surface area (Å²) in [6.45, 7) is 1.53. The minimum absolute atomic E-state index is 0.0398. The van der Waals surface area contributed by atoms with Crippen molar-refractivity contribution in [2.24, 2.45) is 0 Å². The van der Waals surface area contributed by atoms with E-state index >= 15 is 0 Å². The average molecular weight is 231 g/mol. The number of amides is 1. The van der Waals surface area contributed by atoms with E-state index in [1.54, 1.807) is 11.8 Å². The molecular weight excluding hydrogens is 218 g/mol. The maximum absolute atomic E-state index is 11.1. The fourth-order valence-corrected chi connectivity index (χ4v) is 2.35. The summed E-state index contributed by atoms with van der Waals surface area (Å²) in [5.74, 6) is -0.0398. The van der Waals surface area contributed by atoms with Crippen molar-refractivity contribution in [2.75, 3.05) is 11.6 Å². The average Bonchev–Trinajstić information content (AvgIpc) is 2.29. The van der Waals surface area contributed by atoms with Gasteiger partial charge in [-0.25, -0.2) is 0 Å². The molecular formula is C13H13NOS. The highest BCUT2D eigenvalue weighted by Crippen LogP contribution is 2.31. The summed E-state index contributed by atoms with van der Waals surface area (Å²) in [5, 5.41) is 5.12. The normalized spacial score (nSPS) is 10.4. The molecule has 0 atom stereocenters. The molecule has 0 unspecified atom stereocenters. The van der Waals surface area contributed by atoms with Crippen LogP contribution in [-0.2, 0) is 4.79 Å². The number of thioether (sulfide) groups is 1. The van der Waals surface area contributed by atoms with Crippen LogP contribution in [0.4, 0.5) is 5.69 Å². The Kier molecular flexibility index (Phi) is 3.15. The quantitative estimate of drug-likeness (QED) is 0.801. The number of carbonyl (C=O) groups is 1. The van der Waals surface area contributed by atoms with Gasteiger partial charge in [0.05, 0.1) is 0 Å². The SMILES string of the molecule is CSc1ccc(NC(C)=O)c2ccccc12. The van der Waals surface area contributed by atoms with Crippen molar-refractivity contribution in [3.63, 3.8) is 0 Å². The molecule has 0 saturated carbocycles. The molecule has 0 aromatic heterocycles. The summed E-state index contributed by atoms with van der Waals surface area (Å²) in [6.07, 6.45) is 2.06. The number of hydrogen-bond acceptors (Lipinski definition) is 2. The number of anilines is 1. The highest BCUT2D eigenvalue weighted by Gasteiger charge is 2.05. The third-order valence-electron chi connectivity index (χ3n) is 2.41. The van der Waals surface area contributed by atoms with Crippen LogP contribution in [0, 0.1) is 0 Å². The van der Waals surface area contributed by atoms with Crippen LogP contribution >= 0.6 is 11.8 Å². The number of benzene rings is 2. The molecule has 82 valence electrons. The first-order chi connectivity index (χ1) is 7.72. The molecule has 16 heavy (non-hydrogen) atoms. The zero-order chi connectivity index (χ0) is 11.5. The van der Waals surface area contributed by atoms with Gasteiger partial charge in [0.15, 0.2) is 0 Å². The molecule has 0 aliphatic carbocycles. The number of carbonyl (C=O) groups excluding carboxylic acids is 1. The molecule has 0 aliphatic heterocycles. The van der Waals surface area contributed by atoms with E-state index in [1.165, 1.54) is 17.2 Å². The number of rotatable bonds is 2. The van der Waals surface area contributed by atoms with Crippen molar-refractivity contribution in [3.05, 3.63) is 36.4 Å².